The van der Waals surface area contributed by atoms with Crippen LogP contribution in [-0.4, -0.2) is 28.0 Å². The Labute approximate surface area is 215 Å². The van der Waals surface area contributed by atoms with Gasteiger partial charge in [-0.2, -0.15) is 5.26 Å². The smallest absolute Gasteiger partial charge is 0.116 e. The predicted molar refractivity (Wildman–Crippen MR) is 146 cm³/mol. The molecular weight excluding hydrogens is 440 g/mol. The number of nitriles is 1. The highest BCUT2D eigenvalue weighted by atomic mass is 15.1. The molecule has 0 spiro atoms. The molecule has 0 N–H and O–H groups in total. The van der Waals surface area contributed by atoms with Crippen LogP contribution >= 0.6 is 0 Å². The van der Waals surface area contributed by atoms with Crippen molar-refractivity contribution in [3.63, 3.8) is 0 Å². The van der Waals surface area contributed by atoms with Crippen molar-refractivity contribution >= 4 is 5.57 Å². The van der Waals surface area contributed by atoms with E-state index in [1.54, 1.807) is 12.5 Å². The number of allylic oxidation sites excluding steroid dienone is 5. The summed E-state index contributed by atoms with van der Waals surface area (Å²) in [6, 6.07) is 13.8. The highest BCUT2D eigenvalue weighted by molar-refractivity contribution is 5.72. The molecule has 4 nitrogen and oxygen atoms in total. The van der Waals surface area contributed by atoms with Gasteiger partial charge in [-0.05, 0) is 92.5 Å². The Balaban J connectivity index is 1.39. The van der Waals surface area contributed by atoms with Gasteiger partial charge in [-0.15, -0.1) is 0 Å². The lowest BCUT2D eigenvalue weighted by Crippen LogP contribution is -2.41. The SMILES string of the molecule is C=C/C=C\C(C(=C1CCC1)N1CCC(C#N)(Cc2ccc(C3CC3)cc2)CC1)=C(/C)c1ccncn1. The molecule has 1 aromatic carbocycles. The zero-order valence-electron chi connectivity index (χ0n) is 21.4. The van der Waals surface area contributed by atoms with Crippen molar-refractivity contribution in [1.82, 2.24) is 14.9 Å². The molecule has 0 atom stereocenters. The van der Waals surface area contributed by atoms with Crippen LogP contribution in [0.15, 0.2) is 84.5 Å². The van der Waals surface area contributed by atoms with Crippen molar-refractivity contribution in [3.8, 4) is 6.07 Å². The number of benzene rings is 1. The van der Waals surface area contributed by atoms with Gasteiger partial charge in [0.05, 0.1) is 17.2 Å². The number of likely N-dealkylation sites (tertiary alicyclic amines) is 1. The van der Waals surface area contributed by atoms with Gasteiger partial charge in [0.1, 0.15) is 6.33 Å². The van der Waals surface area contributed by atoms with Crippen LogP contribution < -0.4 is 0 Å². The molecular formula is C32H36N4. The Morgan fingerprint density at radius 3 is 2.47 bits per heavy atom. The zero-order valence-corrected chi connectivity index (χ0v) is 21.4. The molecule has 1 saturated heterocycles. The molecule has 5 rings (SSSR count). The minimum absolute atomic E-state index is 0.296. The van der Waals surface area contributed by atoms with Gasteiger partial charge >= 0.3 is 0 Å². The Morgan fingerprint density at radius 2 is 1.92 bits per heavy atom. The fourth-order valence-electron chi connectivity index (χ4n) is 5.57. The standard InChI is InChI=1S/C32H36N4/c1-3-4-8-29(24(2)30-15-18-34-23-35-30)31(28-6-5-7-28)36-19-16-32(22-33,17-20-36)21-25-9-11-26(12-10-25)27-13-14-27/h3-4,8-12,15,18,23,27H,1,5-7,13-14,16-17,19-21H2,2H3/b8-4-,29-24-. The molecule has 2 aromatic rings. The third-order valence-corrected chi connectivity index (χ3v) is 8.16. The molecule has 1 aromatic heterocycles. The van der Waals surface area contributed by atoms with Crippen LogP contribution in [-0.2, 0) is 6.42 Å². The number of hydrogen-bond acceptors (Lipinski definition) is 4. The molecule has 0 bridgehead atoms. The van der Waals surface area contributed by atoms with E-state index in [0.717, 1.165) is 62.4 Å². The zero-order chi connectivity index (χ0) is 25.0. The Morgan fingerprint density at radius 1 is 1.17 bits per heavy atom. The lowest BCUT2D eigenvalue weighted by Gasteiger charge is -2.42. The number of rotatable bonds is 8. The fourth-order valence-corrected chi connectivity index (χ4v) is 5.57. The molecule has 0 radical (unpaired) electrons. The van der Waals surface area contributed by atoms with Crippen LogP contribution in [0.1, 0.15) is 74.6 Å². The third-order valence-electron chi connectivity index (χ3n) is 8.16. The van der Waals surface area contributed by atoms with Crippen LogP contribution in [0.3, 0.4) is 0 Å². The molecule has 3 aliphatic rings. The largest absolute Gasteiger partial charge is 0.371 e. The molecule has 0 unspecified atom stereocenters. The summed E-state index contributed by atoms with van der Waals surface area (Å²) in [6.07, 6.45) is 18.2. The summed E-state index contributed by atoms with van der Waals surface area (Å²) in [5, 5.41) is 10.3. The van der Waals surface area contributed by atoms with E-state index in [4.69, 9.17) is 0 Å². The lowest BCUT2D eigenvalue weighted by molar-refractivity contribution is 0.176. The van der Waals surface area contributed by atoms with Gasteiger partial charge in [-0.25, -0.2) is 9.97 Å². The van der Waals surface area contributed by atoms with Gasteiger partial charge in [0.2, 0.25) is 0 Å². The molecule has 1 aliphatic heterocycles. The topological polar surface area (TPSA) is 52.8 Å². The van der Waals surface area contributed by atoms with Crippen LogP contribution in [0.25, 0.3) is 5.57 Å². The summed E-state index contributed by atoms with van der Waals surface area (Å²) in [6.45, 7) is 7.85. The lowest BCUT2D eigenvalue weighted by atomic mass is 9.74. The van der Waals surface area contributed by atoms with E-state index in [2.05, 4.69) is 64.8 Å². The van der Waals surface area contributed by atoms with E-state index in [-0.39, 0.29) is 5.41 Å². The van der Waals surface area contributed by atoms with E-state index in [1.807, 2.05) is 18.2 Å². The molecule has 184 valence electrons. The van der Waals surface area contributed by atoms with Gasteiger partial charge in [0.25, 0.3) is 0 Å². The first-order valence-corrected chi connectivity index (χ1v) is 13.4. The van der Waals surface area contributed by atoms with Crippen LogP contribution in [0, 0.1) is 16.7 Å². The summed E-state index contributed by atoms with van der Waals surface area (Å²) in [5.41, 5.74) is 8.63. The molecule has 0 amide bonds. The molecule has 4 heteroatoms. The van der Waals surface area contributed by atoms with E-state index >= 15 is 0 Å². The Bertz CT molecular complexity index is 1210. The van der Waals surface area contributed by atoms with Gasteiger partial charge in [-0.1, -0.05) is 49.1 Å². The van der Waals surface area contributed by atoms with Crippen LogP contribution in [0.2, 0.25) is 0 Å². The molecule has 3 fully saturated rings. The maximum absolute atomic E-state index is 10.3. The van der Waals surface area contributed by atoms with Crippen molar-refractivity contribution in [2.45, 2.75) is 64.2 Å². The maximum Gasteiger partial charge on any atom is 0.116 e. The van der Waals surface area contributed by atoms with E-state index in [1.165, 1.54) is 47.2 Å². The second-order valence-electron chi connectivity index (χ2n) is 10.6. The van der Waals surface area contributed by atoms with Crippen molar-refractivity contribution in [1.29, 1.82) is 5.26 Å². The fraction of sp³-hybridized carbons (Fsp3) is 0.406. The summed E-state index contributed by atoms with van der Waals surface area (Å²) < 4.78 is 0. The number of hydrogen-bond donors (Lipinski definition) is 0. The van der Waals surface area contributed by atoms with Gasteiger partial charge in [0.15, 0.2) is 0 Å². The van der Waals surface area contributed by atoms with Crippen molar-refractivity contribution in [2.24, 2.45) is 5.41 Å². The summed E-state index contributed by atoms with van der Waals surface area (Å²) in [4.78, 5) is 11.2. The summed E-state index contributed by atoms with van der Waals surface area (Å²) in [5.74, 6) is 0.772. The highest BCUT2D eigenvalue weighted by Crippen LogP contribution is 2.43. The van der Waals surface area contributed by atoms with Crippen molar-refractivity contribution in [3.05, 3.63) is 101 Å². The Hall–Kier alpha value is -3.45. The quantitative estimate of drug-likeness (QED) is 0.379. The Kier molecular flexibility index (Phi) is 7.18. The summed E-state index contributed by atoms with van der Waals surface area (Å²) >= 11 is 0. The number of nitrogens with zero attached hydrogens (tertiary/aromatic N) is 4. The van der Waals surface area contributed by atoms with Crippen molar-refractivity contribution < 1.29 is 0 Å². The van der Waals surface area contributed by atoms with Gasteiger partial charge < -0.3 is 4.90 Å². The maximum atomic E-state index is 10.3. The van der Waals surface area contributed by atoms with E-state index in [9.17, 15) is 5.26 Å². The first-order valence-electron chi connectivity index (χ1n) is 13.4. The normalized spacial score (nSPS) is 19.9. The van der Waals surface area contributed by atoms with Crippen molar-refractivity contribution in [2.75, 3.05) is 13.1 Å². The first kappa shape index (κ1) is 24.3. The van der Waals surface area contributed by atoms with E-state index < -0.39 is 0 Å². The molecule has 2 heterocycles. The molecule has 36 heavy (non-hydrogen) atoms. The monoisotopic (exact) mass is 476 g/mol. The second kappa shape index (κ2) is 10.7. The highest BCUT2D eigenvalue weighted by Gasteiger charge is 2.37. The van der Waals surface area contributed by atoms with Crippen LogP contribution in [0.5, 0.6) is 0 Å². The van der Waals surface area contributed by atoms with E-state index in [0.29, 0.717) is 0 Å². The second-order valence-corrected chi connectivity index (χ2v) is 10.6. The average molecular weight is 477 g/mol. The van der Waals surface area contributed by atoms with Crippen LogP contribution in [0.4, 0.5) is 0 Å². The minimum Gasteiger partial charge on any atom is -0.371 e. The number of aromatic nitrogens is 2. The molecule has 2 saturated carbocycles. The third kappa shape index (κ3) is 5.21. The predicted octanol–water partition coefficient (Wildman–Crippen LogP) is 7.16. The van der Waals surface area contributed by atoms with Gasteiger partial charge in [-0.3, -0.25) is 0 Å². The summed E-state index contributed by atoms with van der Waals surface area (Å²) in [7, 11) is 0. The average Bonchev–Trinajstić information content (AvgIpc) is 3.74. The first-order chi connectivity index (χ1) is 17.6. The van der Waals surface area contributed by atoms with Gasteiger partial charge in [0, 0.05) is 30.6 Å². The molecule has 2 aliphatic carbocycles. The minimum atomic E-state index is -0.296. The number of piperidine rings is 1.